The van der Waals surface area contributed by atoms with Gasteiger partial charge in [-0.25, -0.2) is 0 Å². The van der Waals surface area contributed by atoms with Crippen molar-refractivity contribution in [3.8, 4) is 5.75 Å². The zero-order valence-electron chi connectivity index (χ0n) is 15.7. The molecule has 6 heteroatoms. The number of hydrogen-bond acceptors (Lipinski definition) is 4. The van der Waals surface area contributed by atoms with Crippen LogP contribution in [0.1, 0.15) is 33.3 Å². The molecule has 1 heterocycles. The van der Waals surface area contributed by atoms with Gasteiger partial charge in [0.05, 0.1) is 12.2 Å². The van der Waals surface area contributed by atoms with Crippen LogP contribution in [0.4, 0.5) is 11.4 Å². The normalized spacial score (nSPS) is 10.2. The number of nitrogens with one attached hydrogen (secondary N) is 2. The first-order valence-corrected chi connectivity index (χ1v) is 8.93. The fourth-order valence-electron chi connectivity index (χ4n) is 2.51. The average Bonchev–Trinajstić information content (AvgIpc) is 2.70. The van der Waals surface area contributed by atoms with Gasteiger partial charge in [-0.3, -0.25) is 14.6 Å². The van der Waals surface area contributed by atoms with E-state index in [9.17, 15) is 9.59 Å². The molecule has 0 aliphatic heterocycles. The van der Waals surface area contributed by atoms with Gasteiger partial charge in [0, 0.05) is 28.8 Å². The quantitative estimate of drug-likeness (QED) is 0.673. The zero-order chi connectivity index (χ0) is 19.9. The van der Waals surface area contributed by atoms with Crippen LogP contribution in [-0.2, 0) is 0 Å². The van der Waals surface area contributed by atoms with E-state index < -0.39 is 0 Å². The van der Waals surface area contributed by atoms with Crippen molar-refractivity contribution in [1.29, 1.82) is 0 Å². The van der Waals surface area contributed by atoms with Crippen LogP contribution >= 0.6 is 0 Å². The lowest BCUT2D eigenvalue weighted by Crippen LogP contribution is -2.14. The topological polar surface area (TPSA) is 80.3 Å². The first kappa shape index (κ1) is 19.1. The third-order valence-corrected chi connectivity index (χ3v) is 4.00. The number of aromatic nitrogens is 1. The summed E-state index contributed by atoms with van der Waals surface area (Å²) >= 11 is 0. The molecule has 0 atom stereocenters. The molecule has 0 saturated carbocycles. The highest BCUT2D eigenvalue weighted by Crippen LogP contribution is 2.17. The summed E-state index contributed by atoms with van der Waals surface area (Å²) in [6.07, 6.45) is 1.53. The number of pyridine rings is 1. The molecule has 2 aromatic carbocycles. The average molecular weight is 375 g/mol. The number of carbonyl (C=O) groups is 2. The third kappa shape index (κ3) is 4.94. The van der Waals surface area contributed by atoms with Crippen LogP contribution < -0.4 is 15.4 Å². The van der Waals surface area contributed by atoms with Crippen molar-refractivity contribution >= 4 is 23.2 Å². The summed E-state index contributed by atoms with van der Waals surface area (Å²) in [6.45, 7) is 4.37. The summed E-state index contributed by atoms with van der Waals surface area (Å²) in [7, 11) is 0. The molecular weight excluding hydrogens is 354 g/mol. The Morgan fingerprint density at radius 2 is 1.36 bits per heavy atom. The Labute approximate surface area is 163 Å². The second-order valence-electron chi connectivity index (χ2n) is 6.13. The fourth-order valence-corrected chi connectivity index (χ4v) is 2.51. The minimum Gasteiger partial charge on any atom is -0.494 e. The Hall–Kier alpha value is -3.67. The minimum absolute atomic E-state index is 0.232. The summed E-state index contributed by atoms with van der Waals surface area (Å²) in [4.78, 5) is 28.7. The number of aryl methyl sites for hydroxylation is 1. The number of rotatable bonds is 6. The first-order valence-electron chi connectivity index (χ1n) is 8.93. The summed E-state index contributed by atoms with van der Waals surface area (Å²) in [5.74, 6) is 0.272. The van der Waals surface area contributed by atoms with Crippen LogP contribution in [-0.4, -0.2) is 23.4 Å². The van der Waals surface area contributed by atoms with Crippen LogP contribution in [0.15, 0.2) is 66.9 Å². The molecule has 142 valence electrons. The molecule has 28 heavy (non-hydrogen) atoms. The summed E-state index contributed by atoms with van der Waals surface area (Å²) in [5, 5.41) is 5.62. The van der Waals surface area contributed by atoms with E-state index in [1.54, 1.807) is 60.7 Å². The second kappa shape index (κ2) is 8.81. The molecule has 3 aromatic rings. The Morgan fingerprint density at radius 3 is 1.89 bits per heavy atom. The predicted octanol–water partition coefficient (Wildman–Crippen LogP) is 4.29. The van der Waals surface area contributed by atoms with E-state index in [0.29, 0.717) is 29.1 Å². The lowest BCUT2D eigenvalue weighted by Gasteiger charge is -2.09. The van der Waals surface area contributed by atoms with E-state index in [-0.39, 0.29) is 11.8 Å². The molecule has 6 nitrogen and oxygen atoms in total. The number of amides is 2. The highest BCUT2D eigenvalue weighted by Gasteiger charge is 2.09. The summed E-state index contributed by atoms with van der Waals surface area (Å²) < 4.78 is 5.38. The maximum Gasteiger partial charge on any atom is 0.257 e. The van der Waals surface area contributed by atoms with Gasteiger partial charge in [0.15, 0.2) is 0 Å². The summed E-state index contributed by atoms with van der Waals surface area (Å²) in [6, 6.07) is 17.4. The maximum absolute atomic E-state index is 12.4. The van der Waals surface area contributed by atoms with E-state index in [4.69, 9.17) is 4.74 Å². The smallest absolute Gasteiger partial charge is 0.257 e. The highest BCUT2D eigenvalue weighted by molar-refractivity contribution is 6.06. The van der Waals surface area contributed by atoms with Gasteiger partial charge in [-0.05, 0) is 74.5 Å². The van der Waals surface area contributed by atoms with Gasteiger partial charge in [0.1, 0.15) is 5.75 Å². The highest BCUT2D eigenvalue weighted by atomic mass is 16.5. The van der Waals surface area contributed by atoms with Crippen molar-refractivity contribution < 1.29 is 14.3 Å². The maximum atomic E-state index is 12.4. The molecule has 0 spiro atoms. The van der Waals surface area contributed by atoms with E-state index in [0.717, 1.165) is 11.4 Å². The molecular formula is C22H21N3O3. The molecule has 2 amide bonds. The summed E-state index contributed by atoms with van der Waals surface area (Å²) in [5.41, 5.74) is 3.09. The number of carbonyl (C=O) groups excluding carboxylic acids is 2. The number of benzene rings is 2. The largest absolute Gasteiger partial charge is 0.494 e. The van der Waals surface area contributed by atoms with Gasteiger partial charge in [-0.1, -0.05) is 0 Å². The third-order valence-electron chi connectivity index (χ3n) is 4.00. The van der Waals surface area contributed by atoms with Gasteiger partial charge in [-0.15, -0.1) is 0 Å². The molecule has 0 unspecified atom stereocenters. The monoisotopic (exact) mass is 375 g/mol. The van der Waals surface area contributed by atoms with Gasteiger partial charge >= 0.3 is 0 Å². The molecule has 0 fully saturated rings. The molecule has 0 aliphatic rings. The van der Waals surface area contributed by atoms with Crippen molar-refractivity contribution in [3.05, 3.63) is 83.7 Å². The van der Waals surface area contributed by atoms with Crippen LogP contribution in [0.2, 0.25) is 0 Å². The number of hydrogen-bond donors (Lipinski definition) is 2. The predicted molar refractivity (Wildman–Crippen MR) is 109 cm³/mol. The Morgan fingerprint density at radius 1 is 0.821 bits per heavy atom. The van der Waals surface area contributed by atoms with Crippen molar-refractivity contribution in [2.24, 2.45) is 0 Å². The zero-order valence-corrected chi connectivity index (χ0v) is 15.7. The van der Waals surface area contributed by atoms with Crippen molar-refractivity contribution in [2.45, 2.75) is 13.8 Å². The molecule has 0 aliphatic carbocycles. The first-order chi connectivity index (χ1) is 13.5. The van der Waals surface area contributed by atoms with Crippen LogP contribution in [0.25, 0.3) is 0 Å². The molecule has 0 saturated heterocycles. The molecule has 0 radical (unpaired) electrons. The van der Waals surface area contributed by atoms with E-state index in [1.807, 2.05) is 13.8 Å². The van der Waals surface area contributed by atoms with Crippen molar-refractivity contribution in [3.63, 3.8) is 0 Å². The van der Waals surface area contributed by atoms with Crippen molar-refractivity contribution in [2.75, 3.05) is 17.2 Å². The molecule has 3 rings (SSSR count). The van der Waals surface area contributed by atoms with Crippen LogP contribution in [0, 0.1) is 6.92 Å². The van der Waals surface area contributed by atoms with E-state index >= 15 is 0 Å². The number of anilines is 2. The van der Waals surface area contributed by atoms with Crippen LogP contribution in [0.5, 0.6) is 5.75 Å². The number of ether oxygens (including phenoxy) is 1. The molecule has 1 aromatic heterocycles. The Bertz CT molecular complexity index is 950. The van der Waals surface area contributed by atoms with Gasteiger partial charge < -0.3 is 15.4 Å². The Balaban J connectivity index is 1.60. The molecule has 0 bridgehead atoms. The second-order valence-corrected chi connectivity index (χ2v) is 6.13. The molecule has 2 N–H and O–H groups in total. The van der Waals surface area contributed by atoms with Crippen LogP contribution in [0.3, 0.4) is 0 Å². The van der Waals surface area contributed by atoms with E-state index in [1.165, 1.54) is 6.20 Å². The standard InChI is InChI=1S/C22H21N3O3/c1-3-28-20-12-10-19(11-13-20)24-21(26)16-6-8-18(9-7-16)25-22(27)17-5-4-15(2)23-14-17/h4-14H,3H2,1-2H3,(H,24,26)(H,25,27). The Kier molecular flexibility index (Phi) is 6.01. The van der Waals surface area contributed by atoms with E-state index in [2.05, 4.69) is 15.6 Å². The number of nitrogens with zero attached hydrogens (tertiary/aromatic N) is 1. The van der Waals surface area contributed by atoms with Gasteiger partial charge in [-0.2, -0.15) is 0 Å². The SMILES string of the molecule is CCOc1ccc(NC(=O)c2ccc(NC(=O)c3ccc(C)nc3)cc2)cc1. The fraction of sp³-hybridized carbons (Fsp3) is 0.136. The lowest BCUT2D eigenvalue weighted by molar-refractivity contribution is 0.101. The van der Waals surface area contributed by atoms with Gasteiger partial charge in [0.25, 0.3) is 11.8 Å². The lowest BCUT2D eigenvalue weighted by atomic mass is 10.1. The van der Waals surface area contributed by atoms with Gasteiger partial charge in [0.2, 0.25) is 0 Å². The van der Waals surface area contributed by atoms with Crippen molar-refractivity contribution in [1.82, 2.24) is 4.98 Å². The minimum atomic E-state index is -0.251.